The van der Waals surface area contributed by atoms with Gasteiger partial charge in [0, 0.05) is 19.3 Å². The number of hydrogen-bond donors (Lipinski definition) is 1. The number of carboxylic acid groups (broad SMARTS) is 1. The number of carbonyl (C=O) groups is 1. The summed E-state index contributed by atoms with van der Waals surface area (Å²) in [4.78, 5) is 20.7. The van der Waals surface area contributed by atoms with Crippen LogP contribution < -0.4 is 4.74 Å². The summed E-state index contributed by atoms with van der Waals surface area (Å²) in [7, 11) is 1.55. The first-order valence-electron chi connectivity index (χ1n) is 5.55. The lowest BCUT2D eigenvalue weighted by Gasteiger charge is -2.37. The van der Waals surface area contributed by atoms with Crippen LogP contribution in [0.4, 0.5) is 4.79 Å². The van der Waals surface area contributed by atoms with Crippen molar-refractivity contribution in [2.24, 2.45) is 0 Å². The maximum Gasteiger partial charge on any atom is 0.407 e. The highest BCUT2D eigenvalue weighted by Gasteiger charge is 2.34. The van der Waals surface area contributed by atoms with Gasteiger partial charge in [-0.2, -0.15) is 4.98 Å². The van der Waals surface area contributed by atoms with E-state index in [0.29, 0.717) is 19.1 Å². The molecular formula is C11H12N4O3. The fourth-order valence-electron chi connectivity index (χ4n) is 2.16. The average molecular weight is 248 g/mol. The zero-order chi connectivity index (χ0) is 12.7. The number of aromatic nitrogens is 3. The number of rotatable bonds is 2. The summed E-state index contributed by atoms with van der Waals surface area (Å²) >= 11 is 0. The molecule has 7 heteroatoms. The van der Waals surface area contributed by atoms with Crippen LogP contribution in [0.25, 0.3) is 11.2 Å². The second-order valence-electron chi connectivity index (χ2n) is 4.16. The Morgan fingerprint density at radius 1 is 1.56 bits per heavy atom. The predicted octanol–water partition coefficient (Wildman–Crippen LogP) is 0.975. The first kappa shape index (κ1) is 10.8. The molecule has 0 saturated carbocycles. The van der Waals surface area contributed by atoms with E-state index in [-0.39, 0.29) is 6.04 Å². The van der Waals surface area contributed by atoms with Crippen LogP contribution >= 0.6 is 0 Å². The van der Waals surface area contributed by atoms with E-state index in [2.05, 4.69) is 9.97 Å². The van der Waals surface area contributed by atoms with Crippen molar-refractivity contribution in [1.29, 1.82) is 0 Å². The third-order valence-electron chi connectivity index (χ3n) is 3.10. The first-order chi connectivity index (χ1) is 8.70. The minimum atomic E-state index is -0.900. The van der Waals surface area contributed by atoms with Crippen molar-refractivity contribution in [3.05, 3.63) is 18.3 Å². The highest BCUT2D eigenvalue weighted by atomic mass is 16.5. The van der Waals surface area contributed by atoms with Crippen molar-refractivity contribution in [3.8, 4) is 6.01 Å². The number of imidazole rings is 1. The Bertz CT molecular complexity index is 603. The Labute approximate surface area is 103 Å². The number of ether oxygens (including phenoxy) is 1. The molecule has 1 aliphatic rings. The molecule has 94 valence electrons. The Balaban J connectivity index is 1.98. The van der Waals surface area contributed by atoms with Crippen molar-refractivity contribution >= 4 is 17.3 Å². The summed E-state index contributed by atoms with van der Waals surface area (Å²) in [6.45, 7) is 0.876. The summed E-state index contributed by atoms with van der Waals surface area (Å²) in [5, 5.41) is 8.84. The van der Waals surface area contributed by atoms with Crippen molar-refractivity contribution < 1.29 is 14.6 Å². The van der Waals surface area contributed by atoms with Crippen LogP contribution in [0.15, 0.2) is 18.3 Å². The number of amides is 1. The van der Waals surface area contributed by atoms with Crippen LogP contribution in [0.2, 0.25) is 0 Å². The van der Waals surface area contributed by atoms with Crippen LogP contribution in [0, 0.1) is 0 Å². The molecule has 1 amide bonds. The Morgan fingerprint density at radius 3 is 3.00 bits per heavy atom. The molecule has 7 nitrogen and oxygen atoms in total. The molecule has 1 saturated heterocycles. The molecule has 0 aliphatic carbocycles. The molecule has 0 bridgehead atoms. The van der Waals surface area contributed by atoms with Gasteiger partial charge in [-0.3, -0.25) is 4.57 Å². The summed E-state index contributed by atoms with van der Waals surface area (Å²) < 4.78 is 7.08. The average Bonchev–Trinajstić information content (AvgIpc) is 2.66. The number of pyridine rings is 1. The van der Waals surface area contributed by atoms with Gasteiger partial charge in [0.15, 0.2) is 5.65 Å². The van der Waals surface area contributed by atoms with E-state index in [9.17, 15) is 4.79 Å². The smallest absolute Gasteiger partial charge is 0.407 e. The van der Waals surface area contributed by atoms with Crippen molar-refractivity contribution in [2.45, 2.75) is 6.04 Å². The van der Waals surface area contributed by atoms with Crippen LogP contribution in [0.1, 0.15) is 6.04 Å². The number of methoxy groups -OCH3 is 1. The standard InChI is InChI=1S/C11H12N4O3/c1-18-10-13-8-3-2-4-12-9(8)15(10)7-5-14(6-7)11(16)17/h2-4,7H,5-6H2,1H3,(H,16,17). The van der Waals surface area contributed by atoms with Gasteiger partial charge in [-0.25, -0.2) is 9.78 Å². The highest BCUT2D eigenvalue weighted by molar-refractivity contribution is 5.73. The van der Waals surface area contributed by atoms with Crippen molar-refractivity contribution in [2.75, 3.05) is 20.2 Å². The number of nitrogens with zero attached hydrogens (tertiary/aromatic N) is 4. The second kappa shape index (κ2) is 3.86. The van der Waals surface area contributed by atoms with Gasteiger partial charge in [0.1, 0.15) is 5.52 Å². The molecule has 3 heterocycles. The number of fused-ring (bicyclic) bond motifs is 1. The van der Waals surface area contributed by atoms with Crippen LogP contribution in [0.5, 0.6) is 6.01 Å². The lowest BCUT2D eigenvalue weighted by Crippen LogP contribution is -2.50. The number of hydrogen-bond acceptors (Lipinski definition) is 4. The van der Waals surface area contributed by atoms with E-state index in [4.69, 9.17) is 9.84 Å². The van der Waals surface area contributed by atoms with Gasteiger partial charge in [-0.05, 0) is 12.1 Å². The van der Waals surface area contributed by atoms with Gasteiger partial charge in [0.25, 0.3) is 6.01 Å². The van der Waals surface area contributed by atoms with Crippen molar-refractivity contribution in [1.82, 2.24) is 19.4 Å². The Morgan fingerprint density at radius 2 is 2.33 bits per heavy atom. The molecule has 0 atom stereocenters. The summed E-state index contributed by atoms with van der Waals surface area (Å²) in [5.41, 5.74) is 1.48. The quantitative estimate of drug-likeness (QED) is 0.856. The molecule has 18 heavy (non-hydrogen) atoms. The van der Waals surface area contributed by atoms with E-state index < -0.39 is 6.09 Å². The first-order valence-corrected chi connectivity index (χ1v) is 5.55. The zero-order valence-corrected chi connectivity index (χ0v) is 9.78. The lowest BCUT2D eigenvalue weighted by molar-refractivity contribution is 0.0835. The monoisotopic (exact) mass is 248 g/mol. The fourth-order valence-corrected chi connectivity index (χ4v) is 2.16. The molecule has 0 spiro atoms. The molecule has 1 fully saturated rings. The topological polar surface area (TPSA) is 80.5 Å². The van der Waals surface area contributed by atoms with E-state index >= 15 is 0 Å². The van der Waals surface area contributed by atoms with E-state index in [0.717, 1.165) is 11.2 Å². The van der Waals surface area contributed by atoms with Crippen LogP contribution in [0.3, 0.4) is 0 Å². The van der Waals surface area contributed by atoms with Crippen LogP contribution in [-0.2, 0) is 0 Å². The molecule has 2 aromatic heterocycles. The maximum absolute atomic E-state index is 10.8. The normalized spacial score (nSPS) is 15.7. The van der Waals surface area contributed by atoms with E-state index in [1.165, 1.54) is 4.90 Å². The van der Waals surface area contributed by atoms with E-state index in [1.807, 2.05) is 16.7 Å². The fraction of sp³-hybridized carbons (Fsp3) is 0.364. The minimum absolute atomic E-state index is 0.0379. The molecule has 1 N–H and O–H groups in total. The van der Waals surface area contributed by atoms with Gasteiger partial charge in [-0.1, -0.05) is 0 Å². The second-order valence-corrected chi connectivity index (χ2v) is 4.16. The van der Waals surface area contributed by atoms with Gasteiger partial charge in [0.2, 0.25) is 0 Å². The third kappa shape index (κ3) is 1.47. The molecule has 1 aliphatic heterocycles. The third-order valence-corrected chi connectivity index (χ3v) is 3.10. The highest BCUT2D eigenvalue weighted by Crippen LogP contribution is 2.30. The van der Waals surface area contributed by atoms with Gasteiger partial charge >= 0.3 is 6.09 Å². The largest absolute Gasteiger partial charge is 0.468 e. The summed E-state index contributed by atoms with van der Waals surface area (Å²) in [5.74, 6) is 0. The SMILES string of the molecule is COc1nc2cccnc2n1C1CN(C(=O)O)C1. The minimum Gasteiger partial charge on any atom is -0.468 e. The zero-order valence-electron chi connectivity index (χ0n) is 9.78. The maximum atomic E-state index is 10.8. The predicted molar refractivity (Wildman–Crippen MR) is 62.7 cm³/mol. The molecule has 3 rings (SSSR count). The van der Waals surface area contributed by atoms with Gasteiger partial charge in [0.05, 0.1) is 13.2 Å². The molecule has 2 aromatic rings. The molecule has 0 aromatic carbocycles. The molecule has 0 radical (unpaired) electrons. The molecular weight excluding hydrogens is 236 g/mol. The van der Waals surface area contributed by atoms with Crippen LogP contribution in [-0.4, -0.2) is 50.8 Å². The molecule has 0 unspecified atom stereocenters. The number of likely N-dealkylation sites (tertiary alicyclic amines) is 1. The van der Waals surface area contributed by atoms with E-state index in [1.54, 1.807) is 13.3 Å². The van der Waals surface area contributed by atoms with Gasteiger partial charge < -0.3 is 14.7 Å². The van der Waals surface area contributed by atoms with Crippen molar-refractivity contribution in [3.63, 3.8) is 0 Å². The Kier molecular flexibility index (Phi) is 2.32. The van der Waals surface area contributed by atoms with Gasteiger partial charge in [-0.15, -0.1) is 0 Å². The summed E-state index contributed by atoms with van der Waals surface area (Å²) in [6.07, 6.45) is 0.788. The lowest BCUT2D eigenvalue weighted by atomic mass is 10.1. The Hall–Kier alpha value is -2.31. The summed E-state index contributed by atoms with van der Waals surface area (Å²) in [6, 6.07) is 4.17.